The van der Waals surface area contributed by atoms with Gasteiger partial charge in [-0.15, -0.1) is 0 Å². The van der Waals surface area contributed by atoms with Gasteiger partial charge in [0.2, 0.25) is 0 Å². The molecule has 0 heterocycles. The molecule has 1 aliphatic rings. The Morgan fingerprint density at radius 3 is 2.52 bits per heavy atom. The SMILES string of the molecule is CNC(c1ccc(Cl)cc1F)c1ccccc1C1CCC1. The fraction of sp³-hybridized carbons (Fsp3) is 0.333. The second-order valence-corrected chi connectivity index (χ2v) is 6.08. The van der Waals surface area contributed by atoms with E-state index in [1.165, 1.54) is 36.5 Å². The highest BCUT2D eigenvalue weighted by atomic mass is 35.5. The van der Waals surface area contributed by atoms with Crippen molar-refractivity contribution in [3.05, 3.63) is 70.0 Å². The highest BCUT2D eigenvalue weighted by Gasteiger charge is 2.26. The van der Waals surface area contributed by atoms with Gasteiger partial charge in [-0.05, 0) is 49.1 Å². The third-order valence-corrected chi connectivity index (χ3v) is 4.65. The second-order valence-electron chi connectivity index (χ2n) is 5.64. The van der Waals surface area contributed by atoms with Crippen LogP contribution < -0.4 is 5.32 Å². The normalized spacial score (nSPS) is 16.5. The molecule has 3 heteroatoms. The first kappa shape index (κ1) is 14.6. The molecular weight excluding hydrogens is 285 g/mol. The van der Waals surface area contributed by atoms with Crippen molar-refractivity contribution in [1.82, 2.24) is 5.32 Å². The van der Waals surface area contributed by atoms with Gasteiger partial charge in [-0.25, -0.2) is 4.39 Å². The van der Waals surface area contributed by atoms with Gasteiger partial charge >= 0.3 is 0 Å². The molecular formula is C18H19ClFN. The van der Waals surface area contributed by atoms with E-state index in [0.717, 1.165) is 0 Å². The van der Waals surface area contributed by atoms with Crippen molar-refractivity contribution in [3.63, 3.8) is 0 Å². The minimum absolute atomic E-state index is 0.140. The van der Waals surface area contributed by atoms with Crippen molar-refractivity contribution in [2.45, 2.75) is 31.2 Å². The van der Waals surface area contributed by atoms with E-state index in [0.29, 0.717) is 16.5 Å². The van der Waals surface area contributed by atoms with E-state index in [1.54, 1.807) is 12.1 Å². The maximum absolute atomic E-state index is 14.3. The van der Waals surface area contributed by atoms with Crippen LogP contribution in [0.15, 0.2) is 42.5 Å². The van der Waals surface area contributed by atoms with E-state index < -0.39 is 0 Å². The van der Waals surface area contributed by atoms with Crippen LogP contribution in [0.3, 0.4) is 0 Å². The predicted molar refractivity (Wildman–Crippen MR) is 85.3 cm³/mol. The molecule has 0 amide bonds. The highest BCUT2D eigenvalue weighted by molar-refractivity contribution is 6.30. The number of hydrogen-bond donors (Lipinski definition) is 1. The van der Waals surface area contributed by atoms with Gasteiger partial charge in [-0.2, -0.15) is 0 Å². The first-order valence-electron chi connectivity index (χ1n) is 7.41. The number of rotatable bonds is 4. The van der Waals surface area contributed by atoms with Gasteiger partial charge in [0.15, 0.2) is 0 Å². The first-order valence-corrected chi connectivity index (χ1v) is 7.79. The van der Waals surface area contributed by atoms with Crippen molar-refractivity contribution in [2.75, 3.05) is 7.05 Å². The Bertz CT molecular complexity index is 637. The van der Waals surface area contributed by atoms with E-state index in [9.17, 15) is 4.39 Å². The number of halogens is 2. The van der Waals surface area contributed by atoms with Crippen molar-refractivity contribution >= 4 is 11.6 Å². The minimum Gasteiger partial charge on any atom is -0.309 e. The summed E-state index contributed by atoms with van der Waals surface area (Å²) >= 11 is 5.86. The maximum Gasteiger partial charge on any atom is 0.129 e. The Balaban J connectivity index is 2.03. The van der Waals surface area contributed by atoms with Crippen LogP contribution >= 0.6 is 11.6 Å². The lowest BCUT2D eigenvalue weighted by Crippen LogP contribution is -2.22. The van der Waals surface area contributed by atoms with Gasteiger partial charge in [0.1, 0.15) is 5.82 Å². The van der Waals surface area contributed by atoms with Crippen LogP contribution in [-0.4, -0.2) is 7.05 Å². The monoisotopic (exact) mass is 303 g/mol. The molecule has 0 bridgehead atoms. The van der Waals surface area contributed by atoms with Crippen LogP contribution in [0.4, 0.5) is 4.39 Å². The highest BCUT2D eigenvalue weighted by Crippen LogP contribution is 2.40. The summed E-state index contributed by atoms with van der Waals surface area (Å²) in [5.41, 5.74) is 3.16. The van der Waals surface area contributed by atoms with E-state index in [2.05, 4.69) is 23.5 Å². The van der Waals surface area contributed by atoms with E-state index in [4.69, 9.17) is 11.6 Å². The summed E-state index contributed by atoms with van der Waals surface area (Å²) in [7, 11) is 1.87. The van der Waals surface area contributed by atoms with Crippen molar-refractivity contribution < 1.29 is 4.39 Å². The zero-order valence-corrected chi connectivity index (χ0v) is 12.8. The van der Waals surface area contributed by atoms with Crippen LogP contribution in [0, 0.1) is 5.82 Å². The van der Waals surface area contributed by atoms with E-state index in [-0.39, 0.29) is 11.9 Å². The topological polar surface area (TPSA) is 12.0 Å². The van der Waals surface area contributed by atoms with Crippen LogP contribution in [0.1, 0.15) is 47.9 Å². The molecule has 3 rings (SSSR count). The summed E-state index contributed by atoms with van der Waals surface area (Å²) in [4.78, 5) is 0. The van der Waals surface area contributed by atoms with Crippen LogP contribution in [0.2, 0.25) is 5.02 Å². The Labute approximate surface area is 130 Å². The Hall–Kier alpha value is -1.38. The van der Waals surface area contributed by atoms with Gasteiger partial charge in [-0.1, -0.05) is 48.4 Å². The van der Waals surface area contributed by atoms with E-state index in [1.807, 2.05) is 13.1 Å². The largest absolute Gasteiger partial charge is 0.309 e. The summed E-state index contributed by atoms with van der Waals surface area (Å²) in [5, 5.41) is 3.68. The predicted octanol–water partition coefficient (Wildman–Crippen LogP) is 5.06. The molecule has 1 saturated carbocycles. The fourth-order valence-electron chi connectivity index (χ4n) is 3.08. The summed E-state index contributed by atoms with van der Waals surface area (Å²) < 4.78 is 14.3. The standard InChI is InChI=1S/C18H19ClFN/c1-21-18(16-10-9-13(19)11-17(16)20)15-8-3-2-7-14(15)12-5-4-6-12/h2-3,7-12,18,21H,4-6H2,1H3. The third kappa shape index (κ3) is 2.83. The molecule has 0 saturated heterocycles. The molecule has 1 N–H and O–H groups in total. The summed E-state index contributed by atoms with van der Waals surface area (Å²) in [6.07, 6.45) is 3.76. The zero-order chi connectivity index (χ0) is 14.8. The number of benzene rings is 2. The summed E-state index contributed by atoms with van der Waals surface area (Å²) in [6.45, 7) is 0. The molecule has 21 heavy (non-hydrogen) atoms. The van der Waals surface area contributed by atoms with Crippen molar-refractivity contribution in [3.8, 4) is 0 Å². The van der Waals surface area contributed by atoms with Gasteiger partial charge in [-0.3, -0.25) is 0 Å². The number of nitrogens with one attached hydrogen (secondary N) is 1. The van der Waals surface area contributed by atoms with Crippen LogP contribution in [-0.2, 0) is 0 Å². The molecule has 0 spiro atoms. The van der Waals surface area contributed by atoms with Crippen LogP contribution in [0.5, 0.6) is 0 Å². The van der Waals surface area contributed by atoms with Gasteiger partial charge < -0.3 is 5.32 Å². The van der Waals surface area contributed by atoms with Gasteiger partial charge in [0.05, 0.1) is 6.04 Å². The maximum atomic E-state index is 14.3. The minimum atomic E-state index is -0.259. The summed E-state index contributed by atoms with van der Waals surface area (Å²) in [5.74, 6) is 0.359. The molecule has 0 radical (unpaired) electrons. The molecule has 2 aromatic carbocycles. The quantitative estimate of drug-likeness (QED) is 0.833. The van der Waals surface area contributed by atoms with Crippen LogP contribution in [0.25, 0.3) is 0 Å². The number of hydrogen-bond acceptors (Lipinski definition) is 1. The lowest BCUT2D eigenvalue weighted by Gasteiger charge is -2.30. The third-order valence-electron chi connectivity index (χ3n) is 4.41. The molecule has 0 aliphatic heterocycles. The molecule has 1 aliphatic carbocycles. The first-order chi connectivity index (χ1) is 10.2. The van der Waals surface area contributed by atoms with Crippen molar-refractivity contribution in [2.24, 2.45) is 0 Å². The molecule has 0 aromatic heterocycles. The lowest BCUT2D eigenvalue weighted by molar-refractivity contribution is 0.414. The molecule has 1 atom stereocenters. The molecule has 110 valence electrons. The van der Waals surface area contributed by atoms with E-state index >= 15 is 0 Å². The Morgan fingerprint density at radius 2 is 1.90 bits per heavy atom. The molecule has 1 unspecified atom stereocenters. The van der Waals surface area contributed by atoms with Crippen molar-refractivity contribution in [1.29, 1.82) is 0 Å². The summed E-state index contributed by atoms with van der Waals surface area (Å²) in [6, 6.07) is 13.1. The molecule has 2 aromatic rings. The smallest absolute Gasteiger partial charge is 0.129 e. The molecule has 1 fully saturated rings. The Morgan fingerprint density at radius 1 is 1.14 bits per heavy atom. The lowest BCUT2D eigenvalue weighted by atomic mass is 9.76. The zero-order valence-electron chi connectivity index (χ0n) is 12.1. The average molecular weight is 304 g/mol. The fourth-order valence-corrected chi connectivity index (χ4v) is 3.24. The van der Waals surface area contributed by atoms with Gasteiger partial charge in [0, 0.05) is 10.6 Å². The average Bonchev–Trinajstić information content (AvgIpc) is 2.41. The second kappa shape index (κ2) is 6.17. The molecule has 1 nitrogen and oxygen atoms in total. The van der Waals surface area contributed by atoms with Gasteiger partial charge in [0.25, 0.3) is 0 Å². The Kier molecular flexibility index (Phi) is 4.27.